The number of anilines is 1. The maximum Gasteiger partial charge on any atom is 0.416 e. The van der Waals surface area contributed by atoms with E-state index in [4.69, 9.17) is 16.6 Å². The normalized spacial score (nSPS) is 15.7. The predicted octanol–water partition coefficient (Wildman–Crippen LogP) is 5.31. The van der Waals surface area contributed by atoms with Crippen LogP contribution in [0.5, 0.6) is 0 Å². The zero-order valence-electron chi connectivity index (χ0n) is 16.1. The molecule has 2 aromatic carbocycles. The lowest BCUT2D eigenvalue weighted by molar-refractivity contribution is -0.142. The Morgan fingerprint density at radius 3 is 2.37 bits per heavy atom. The second-order valence-electron chi connectivity index (χ2n) is 7.48. The summed E-state index contributed by atoms with van der Waals surface area (Å²) in [6, 6.07) is 8.49. The molecule has 0 unspecified atom stereocenters. The summed E-state index contributed by atoms with van der Waals surface area (Å²) in [5.41, 5.74) is 2.00. The van der Waals surface area contributed by atoms with E-state index in [1.165, 1.54) is 12.1 Å². The summed E-state index contributed by atoms with van der Waals surface area (Å²) in [5.74, 6) is -0.648. The lowest BCUT2D eigenvalue weighted by Gasteiger charge is -2.31. The number of rotatable bonds is 3. The minimum Gasteiger partial charge on any atom is -0.481 e. The van der Waals surface area contributed by atoms with Gasteiger partial charge in [-0.05, 0) is 61.7 Å². The van der Waals surface area contributed by atoms with Crippen LogP contribution < -0.4 is 4.90 Å². The van der Waals surface area contributed by atoms with Crippen LogP contribution in [-0.4, -0.2) is 33.7 Å². The van der Waals surface area contributed by atoms with Crippen LogP contribution in [0.1, 0.15) is 24.0 Å². The smallest absolute Gasteiger partial charge is 0.416 e. The quantitative estimate of drug-likeness (QED) is 0.603. The highest BCUT2D eigenvalue weighted by atomic mass is 35.5. The van der Waals surface area contributed by atoms with Gasteiger partial charge in [0.15, 0.2) is 0 Å². The molecule has 1 fully saturated rings. The van der Waals surface area contributed by atoms with Gasteiger partial charge in [-0.3, -0.25) is 9.36 Å². The molecule has 0 aliphatic carbocycles. The van der Waals surface area contributed by atoms with E-state index in [0.717, 1.165) is 17.7 Å². The molecule has 2 heterocycles. The molecular weight excluding hydrogens is 419 g/mol. The number of nitrogens with zero attached hydrogens (tertiary/aromatic N) is 3. The average molecular weight is 438 g/mol. The van der Waals surface area contributed by atoms with Gasteiger partial charge in [0.05, 0.1) is 22.5 Å². The molecule has 1 aliphatic rings. The molecule has 0 radical (unpaired) electrons. The first-order valence-corrected chi connectivity index (χ1v) is 9.87. The van der Waals surface area contributed by atoms with Crippen molar-refractivity contribution in [3.8, 4) is 5.69 Å². The highest BCUT2D eigenvalue weighted by Gasteiger charge is 2.31. The summed E-state index contributed by atoms with van der Waals surface area (Å²) in [6.07, 6.45) is -3.46. The number of aromatic nitrogens is 2. The summed E-state index contributed by atoms with van der Waals surface area (Å²) >= 11 is 6.31. The van der Waals surface area contributed by atoms with Crippen LogP contribution in [0.25, 0.3) is 16.7 Å². The fourth-order valence-electron chi connectivity index (χ4n) is 3.78. The monoisotopic (exact) mass is 437 g/mol. The van der Waals surface area contributed by atoms with Crippen LogP contribution in [0.4, 0.5) is 19.1 Å². The Bertz CT molecular complexity index is 1100. The van der Waals surface area contributed by atoms with Crippen LogP contribution in [0.3, 0.4) is 0 Å². The van der Waals surface area contributed by atoms with Gasteiger partial charge in [-0.15, -0.1) is 0 Å². The molecule has 9 heteroatoms. The number of aryl methyl sites for hydroxylation is 1. The minimum absolute atomic E-state index is 0.401. The van der Waals surface area contributed by atoms with E-state index in [1.54, 1.807) is 10.6 Å². The molecule has 3 aromatic rings. The van der Waals surface area contributed by atoms with Crippen molar-refractivity contribution in [2.75, 3.05) is 18.0 Å². The van der Waals surface area contributed by atoms with Crippen LogP contribution in [-0.2, 0) is 11.0 Å². The summed E-state index contributed by atoms with van der Waals surface area (Å²) in [5, 5.41) is 9.78. The van der Waals surface area contributed by atoms with Gasteiger partial charge in [0.25, 0.3) is 0 Å². The number of aliphatic carboxylic acids is 1. The molecule has 0 bridgehead atoms. The molecule has 158 valence electrons. The topological polar surface area (TPSA) is 58.4 Å². The number of hydrogen-bond acceptors (Lipinski definition) is 3. The largest absolute Gasteiger partial charge is 0.481 e. The lowest BCUT2D eigenvalue weighted by Crippen LogP contribution is -2.37. The van der Waals surface area contributed by atoms with Crippen molar-refractivity contribution in [3.05, 3.63) is 52.5 Å². The van der Waals surface area contributed by atoms with Gasteiger partial charge < -0.3 is 10.0 Å². The molecule has 1 aromatic heterocycles. The van der Waals surface area contributed by atoms with Crippen molar-refractivity contribution in [2.24, 2.45) is 5.92 Å². The van der Waals surface area contributed by atoms with Gasteiger partial charge in [-0.25, -0.2) is 4.98 Å². The number of carboxylic acid groups (broad SMARTS) is 1. The molecule has 1 saturated heterocycles. The number of carboxylic acids is 1. The fraction of sp³-hybridized carbons (Fsp3) is 0.333. The fourth-order valence-corrected chi connectivity index (χ4v) is 3.94. The van der Waals surface area contributed by atoms with E-state index in [1.807, 2.05) is 17.9 Å². The molecule has 0 saturated carbocycles. The van der Waals surface area contributed by atoms with Gasteiger partial charge in [-0.2, -0.15) is 13.2 Å². The Labute approximate surface area is 175 Å². The molecule has 0 atom stereocenters. The molecular formula is C21H19ClF3N3O2. The summed E-state index contributed by atoms with van der Waals surface area (Å²) in [7, 11) is 0. The van der Waals surface area contributed by atoms with E-state index in [0.29, 0.717) is 53.6 Å². The zero-order valence-corrected chi connectivity index (χ0v) is 16.8. The molecule has 0 amide bonds. The van der Waals surface area contributed by atoms with Gasteiger partial charge in [-0.1, -0.05) is 11.6 Å². The molecule has 1 N–H and O–H groups in total. The van der Waals surface area contributed by atoms with Gasteiger partial charge in [0, 0.05) is 23.8 Å². The van der Waals surface area contributed by atoms with E-state index < -0.39 is 23.6 Å². The Hall–Kier alpha value is -2.74. The number of alkyl halides is 3. The Morgan fingerprint density at radius 1 is 1.17 bits per heavy atom. The molecule has 4 rings (SSSR count). The van der Waals surface area contributed by atoms with Gasteiger partial charge in [0.1, 0.15) is 0 Å². The maximum absolute atomic E-state index is 13.0. The number of fused-ring (bicyclic) bond motifs is 1. The SMILES string of the molecule is Cc1cc2nc(N3CCC(C(=O)O)CC3)n(-c3ccc(C(F)(F)F)cc3)c2cc1Cl. The van der Waals surface area contributed by atoms with Crippen molar-refractivity contribution in [1.82, 2.24) is 9.55 Å². The van der Waals surface area contributed by atoms with E-state index in [2.05, 4.69) is 0 Å². The number of halogens is 4. The van der Waals surface area contributed by atoms with Gasteiger partial charge >= 0.3 is 12.1 Å². The second-order valence-corrected chi connectivity index (χ2v) is 7.89. The first-order chi connectivity index (χ1) is 14.1. The number of piperidine rings is 1. The Morgan fingerprint density at radius 2 is 1.80 bits per heavy atom. The maximum atomic E-state index is 13.0. The summed E-state index contributed by atoms with van der Waals surface area (Å²) < 4.78 is 40.8. The lowest BCUT2D eigenvalue weighted by atomic mass is 9.97. The second kappa shape index (κ2) is 7.50. The highest BCUT2D eigenvalue weighted by Crippen LogP contribution is 2.34. The van der Waals surface area contributed by atoms with Crippen molar-refractivity contribution in [1.29, 1.82) is 0 Å². The predicted molar refractivity (Wildman–Crippen MR) is 108 cm³/mol. The van der Waals surface area contributed by atoms with Gasteiger partial charge in [0.2, 0.25) is 5.95 Å². The number of imidazole rings is 1. The standard InChI is InChI=1S/C21H19ClF3N3O2/c1-12-10-17-18(11-16(12)22)28(15-4-2-14(3-5-15)21(23,24)25)20(26-17)27-8-6-13(7-9-27)19(29)30/h2-5,10-11,13H,6-9H2,1H3,(H,29,30). The minimum atomic E-state index is -4.42. The Balaban J connectivity index is 1.81. The molecule has 5 nitrogen and oxygen atoms in total. The molecule has 30 heavy (non-hydrogen) atoms. The van der Waals surface area contributed by atoms with Crippen molar-refractivity contribution in [2.45, 2.75) is 25.9 Å². The van der Waals surface area contributed by atoms with Crippen LogP contribution in [0.15, 0.2) is 36.4 Å². The summed E-state index contributed by atoms with van der Waals surface area (Å²) in [4.78, 5) is 18.0. The van der Waals surface area contributed by atoms with Crippen molar-refractivity contribution < 1.29 is 23.1 Å². The highest BCUT2D eigenvalue weighted by molar-refractivity contribution is 6.32. The van der Waals surface area contributed by atoms with Crippen molar-refractivity contribution >= 4 is 34.6 Å². The van der Waals surface area contributed by atoms with Crippen LogP contribution in [0.2, 0.25) is 5.02 Å². The van der Waals surface area contributed by atoms with Crippen LogP contribution >= 0.6 is 11.6 Å². The van der Waals surface area contributed by atoms with E-state index >= 15 is 0 Å². The molecule has 1 aliphatic heterocycles. The third kappa shape index (κ3) is 3.71. The zero-order chi connectivity index (χ0) is 21.6. The van der Waals surface area contributed by atoms with E-state index in [9.17, 15) is 23.1 Å². The third-order valence-corrected chi connectivity index (χ3v) is 5.90. The number of benzene rings is 2. The number of carbonyl (C=O) groups is 1. The third-order valence-electron chi connectivity index (χ3n) is 5.50. The summed E-state index contributed by atoms with van der Waals surface area (Å²) in [6.45, 7) is 2.85. The number of hydrogen-bond donors (Lipinski definition) is 1. The average Bonchev–Trinajstić information content (AvgIpc) is 3.06. The first kappa shape index (κ1) is 20.5. The van der Waals surface area contributed by atoms with Crippen LogP contribution in [0, 0.1) is 12.8 Å². The first-order valence-electron chi connectivity index (χ1n) is 9.49. The Kier molecular flexibility index (Phi) is 5.13. The van der Waals surface area contributed by atoms with Crippen molar-refractivity contribution in [3.63, 3.8) is 0 Å². The molecule has 0 spiro atoms. The van der Waals surface area contributed by atoms with E-state index in [-0.39, 0.29) is 0 Å².